The van der Waals surface area contributed by atoms with E-state index >= 15 is 0 Å². The van der Waals surface area contributed by atoms with E-state index in [1.54, 1.807) is 27.0 Å². The van der Waals surface area contributed by atoms with Gasteiger partial charge in [0.15, 0.2) is 17.9 Å². The molecule has 9 amide bonds. The summed E-state index contributed by atoms with van der Waals surface area (Å²) < 4.78 is 0. The third-order valence-electron chi connectivity index (χ3n) is 15.9. The molecule has 2 fully saturated rings. The van der Waals surface area contributed by atoms with Crippen molar-refractivity contribution in [2.75, 3.05) is 57.8 Å². The van der Waals surface area contributed by atoms with Crippen LogP contribution in [0.5, 0.6) is 0 Å². The molecule has 0 aromatic rings. The zero-order chi connectivity index (χ0) is 67.3. The summed E-state index contributed by atoms with van der Waals surface area (Å²) in [5, 5.41) is 35.1. The summed E-state index contributed by atoms with van der Waals surface area (Å²) in [6, 6.07) is -11.5. The maximum absolute atomic E-state index is 14.9. The van der Waals surface area contributed by atoms with Crippen molar-refractivity contribution in [3.8, 4) is 0 Å². The molecule has 2 saturated heterocycles. The van der Waals surface area contributed by atoms with E-state index in [1.807, 2.05) is 6.92 Å². The van der Waals surface area contributed by atoms with E-state index in [0.717, 1.165) is 6.42 Å². The van der Waals surface area contributed by atoms with Gasteiger partial charge in [0.05, 0.1) is 6.04 Å². The number of unbranched alkanes of at least 4 members (excludes halogenated alkanes) is 2. The highest BCUT2D eigenvalue weighted by atomic mass is 32.2. The standard InChI is InChI=1S/C57H107N21O11S/c1-6-33(3)43(76-49(83)39(22-15-30-69-57(64)65)72-46(80)37(20-13-28-67-55(60)61)70-45(79)35-19-12-27-66-35)51(85)74-40(18-9-11-26-59)53(87)78-31-16-23-42(78)50(84)73-38(21-14-29-68-56(62)63)47(81)71-36(17-8-10-25-58)48(82)77-44(34(4)7-2)52(86)75-41(54(88)89)24-32-90-5/h33-44,66H,6-32,58-59H2,1-5H3,(H,70,79)(H,71,81)(H,72,80)(H,73,84)(H,74,85)(H,75,86)(H,76,83)(H,77,82)(H,88,89)(H4,60,61,67)(H4,62,63,68)(H4,64,65,69)/t33-,34-,35-,36-,37-,38-,39-,40-,41-,42-,43-,44-/m0/s1. The second-order valence-electron chi connectivity index (χ2n) is 23.0. The smallest absolute Gasteiger partial charge is 0.326 e. The molecule has 0 spiro atoms. The number of carbonyl (C=O) groups is 10. The number of thioether (sulfide) groups is 1. The molecule has 0 aliphatic carbocycles. The van der Waals surface area contributed by atoms with Crippen molar-refractivity contribution in [1.82, 2.24) is 52.8 Å². The first kappa shape index (κ1) is 78.8. The molecule has 512 valence electrons. The van der Waals surface area contributed by atoms with E-state index in [2.05, 4.69) is 62.8 Å². The number of nitrogens with one attached hydrogen (secondary N) is 9. The van der Waals surface area contributed by atoms with Gasteiger partial charge in [-0.05, 0) is 153 Å². The van der Waals surface area contributed by atoms with Gasteiger partial charge in [0.2, 0.25) is 53.2 Å². The lowest BCUT2D eigenvalue weighted by molar-refractivity contribution is -0.143. The van der Waals surface area contributed by atoms with Crippen molar-refractivity contribution in [2.24, 2.45) is 72.7 Å². The number of likely N-dealkylation sites (tertiary alicyclic amines) is 1. The van der Waals surface area contributed by atoms with Gasteiger partial charge in [-0.25, -0.2) is 4.79 Å². The maximum Gasteiger partial charge on any atom is 0.326 e. The van der Waals surface area contributed by atoms with Crippen LogP contribution in [0.1, 0.15) is 150 Å². The highest BCUT2D eigenvalue weighted by molar-refractivity contribution is 7.98. The fourth-order valence-corrected chi connectivity index (χ4v) is 10.7. The molecule has 2 aliphatic rings. The molecule has 2 aliphatic heterocycles. The van der Waals surface area contributed by atoms with Crippen LogP contribution in [0.2, 0.25) is 0 Å². The highest BCUT2D eigenvalue weighted by Crippen LogP contribution is 2.22. The van der Waals surface area contributed by atoms with Gasteiger partial charge >= 0.3 is 5.97 Å². The first-order chi connectivity index (χ1) is 42.8. The lowest BCUT2D eigenvalue weighted by Crippen LogP contribution is -2.61. The lowest BCUT2D eigenvalue weighted by Gasteiger charge is -2.32. The molecule has 0 bridgehead atoms. The third kappa shape index (κ3) is 29.1. The van der Waals surface area contributed by atoms with Crippen LogP contribution in [0.3, 0.4) is 0 Å². The predicted molar refractivity (Wildman–Crippen MR) is 346 cm³/mol. The normalized spacial score (nSPS) is 17.8. The number of carboxylic acids is 1. The Morgan fingerprint density at radius 3 is 1.31 bits per heavy atom. The molecule has 26 N–H and O–H groups in total. The van der Waals surface area contributed by atoms with Crippen LogP contribution in [0, 0.1) is 11.8 Å². The zero-order valence-electron chi connectivity index (χ0n) is 53.4. The molecule has 90 heavy (non-hydrogen) atoms. The number of carbonyl (C=O) groups excluding carboxylic acids is 9. The molecular formula is C57H107N21O11S. The average Bonchev–Trinajstić information content (AvgIpc) is 1.97. The molecule has 33 heteroatoms. The van der Waals surface area contributed by atoms with Gasteiger partial charge in [-0.3, -0.25) is 58.1 Å². The number of hydrogen-bond acceptors (Lipinski definition) is 17. The van der Waals surface area contributed by atoms with Gasteiger partial charge in [-0.15, -0.1) is 0 Å². The van der Waals surface area contributed by atoms with Gasteiger partial charge < -0.3 is 104 Å². The molecular weight excluding hydrogens is 1190 g/mol. The first-order valence-corrected chi connectivity index (χ1v) is 33.0. The monoisotopic (exact) mass is 1290 g/mol. The number of nitrogens with zero attached hydrogens (tertiary/aromatic N) is 4. The molecule has 2 rings (SSSR count). The first-order valence-electron chi connectivity index (χ1n) is 31.6. The quantitative estimate of drug-likeness (QED) is 0.0157. The minimum Gasteiger partial charge on any atom is -0.480 e. The number of aliphatic carboxylic acids is 1. The molecule has 0 radical (unpaired) electrons. The number of nitrogens with two attached hydrogens (primary N) is 8. The molecule has 32 nitrogen and oxygen atoms in total. The van der Waals surface area contributed by atoms with Crippen LogP contribution in [-0.2, 0) is 47.9 Å². The van der Waals surface area contributed by atoms with Gasteiger partial charge in [0.25, 0.3) is 0 Å². The van der Waals surface area contributed by atoms with Gasteiger partial charge in [-0.2, -0.15) is 11.8 Å². The molecule has 12 atom stereocenters. The molecule has 0 aromatic carbocycles. The summed E-state index contributed by atoms with van der Waals surface area (Å²) in [6.45, 7) is 8.66. The molecule has 0 unspecified atom stereocenters. The average molecular weight is 1290 g/mol. The van der Waals surface area contributed by atoms with E-state index in [0.29, 0.717) is 70.1 Å². The molecule has 0 saturated carbocycles. The van der Waals surface area contributed by atoms with Crippen molar-refractivity contribution < 1.29 is 53.1 Å². The van der Waals surface area contributed by atoms with E-state index in [1.165, 1.54) is 16.7 Å². The Bertz CT molecular complexity index is 2390. The highest BCUT2D eigenvalue weighted by Gasteiger charge is 2.41. The van der Waals surface area contributed by atoms with E-state index < -0.39 is 131 Å². The van der Waals surface area contributed by atoms with Crippen molar-refractivity contribution in [3.05, 3.63) is 0 Å². The Hall–Kier alpha value is -7.26. The number of amides is 9. The fourth-order valence-electron chi connectivity index (χ4n) is 10.3. The molecule has 0 aromatic heterocycles. The minimum atomic E-state index is -1.31. The summed E-state index contributed by atoms with van der Waals surface area (Å²) >= 11 is 1.41. The van der Waals surface area contributed by atoms with Crippen LogP contribution >= 0.6 is 11.8 Å². The predicted octanol–water partition coefficient (Wildman–Crippen LogP) is -4.04. The van der Waals surface area contributed by atoms with Crippen molar-refractivity contribution in [3.63, 3.8) is 0 Å². The van der Waals surface area contributed by atoms with Crippen LogP contribution in [-0.4, -0.2) is 205 Å². The summed E-state index contributed by atoms with van der Waals surface area (Å²) in [4.78, 5) is 154. The Morgan fingerprint density at radius 2 is 0.911 bits per heavy atom. The Labute approximate surface area is 533 Å². The van der Waals surface area contributed by atoms with Crippen LogP contribution in [0.25, 0.3) is 0 Å². The van der Waals surface area contributed by atoms with Crippen LogP contribution in [0.4, 0.5) is 0 Å². The summed E-state index contributed by atoms with van der Waals surface area (Å²) in [5.41, 5.74) is 45.0. The topological polar surface area (TPSA) is 548 Å². The zero-order valence-corrected chi connectivity index (χ0v) is 54.2. The second kappa shape index (κ2) is 43.5. The summed E-state index contributed by atoms with van der Waals surface area (Å²) in [5.74, 6) is -8.37. The maximum atomic E-state index is 14.9. The van der Waals surface area contributed by atoms with Crippen molar-refractivity contribution in [2.45, 2.75) is 210 Å². The van der Waals surface area contributed by atoms with Gasteiger partial charge in [0.1, 0.15) is 54.4 Å². The van der Waals surface area contributed by atoms with Crippen LogP contribution in [0.15, 0.2) is 15.0 Å². The number of rotatable bonds is 45. The van der Waals surface area contributed by atoms with Gasteiger partial charge in [0, 0.05) is 26.2 Å². The van der Waals surface area contributed by atoms with E-state index in [9.17, 15) is 53.1 Å². The third-order valence-corrected chi connectivity index (χ3v) is 16.5. The largest absolute Gasteiger partial charge is 0.480 e. The number of aliphatic imine (C=N–C) groups is 3. The minimum absolute atomic E-state index is 0.000250. The van der Waals surface area contributed by atoms with Crippen molar-refractivity contribution >= 4 is 88.8 Å². The van der Waals surface area contributed by atoms with E-state index in [-0.39, 0.29) is 115 Å². The van der Waals surface area contributed by atoms with Crippen LogP contribution < -0.4 is 93.7 Å². The summed E-state index contributed by atoms with van der Waals surface area (Å²) in [6.07, 6.45) is 7.26. The Kier molecular flexibility index (Phi) is 38.1. The summed E-state index contributed by atoms with van der Waals surface area (Å²) in [7, 11) is 0. The fraction of sp³-hybridized carbons (Fsp3) is 0.772. The number of guanidine groups is 3. The van der Waals surface area contributed by atoms with E-state index in [4.69, 9.17) is 45.9 Å². The Morgan fingerprint density at radius 1 is 0.511 bits per heavy atom. The number of hydrogen-bond donors (Lipinski definition) is 18. The second-order valence-corrected chi connectivity index (χ2v) is 24.0. The molecule has 2 heterocycles. The SMILES string of the molecule is CC[C@H](C)[C@H](NC(=O)[C@H](CCCCN)NC(=O)[C@H](CCCN=C(N)N)NC(=O)[C@@H]1CCCN1C(=O)[C@H](CCCCN)NC(=O)[C@@H](NC(=O)[C@H](CCCN=C(N)N)NC(=O)[C@H](CCCN=C(N)N)NC(=O)[C@@H]1CCCN1)[C@@H](C)CC)C(=O)N[C@@H](CCSC)C(=O)O. The van der Waals surface area contributed by atoms with Gasteiger partial charge in [-0.1, -0.05) is 40.5 Å². The van der Waals surface area contributed by atoms with Crippen molar-refractivity contribution in [1.29, 1.82) is 0 Å². The lowest BCUT2D eigenvalue weighted by atomic mass is 9.96. The Balaban J connectivity index is 2.51. The number of carboxylic acid groups (broad SMARTS) is 1.